The van der Waals surface area contributed by atoms with Crippen molar-refractivity contribution in [3.63, 3.8) is 0 Å². The van der Waals surface area contributed by atoms with E-state index in [2.05, 4.69) is 41.5 Å². The first-order chi connectivity index (χ1) is 9.70. The van der Waals surface area contributed by atoms with Gasteiger partial charge in [0, 0.05) is 18.2 Å². The van der Waals surface area contributed by atoms with Crippen molar-refractivity contribution in [2.75, 3.05) is 6.54 Å². The number of nitrogens with one attached hydrogen (secondary N) is 1. The van der Waals surface area contributed by atoms with Gasteiger partial charge in [-0.2, -0.15) is 4.80 Å². The molecule has 20 heavy (non-hydrogen) atoms. The van der Waals surface area contributed by atoms with Gasteiger partial charge in [0.15, 0.2) is 0 Å². The summed E-state index contributed by atoms with van der Waals surface area (Å²) in [6.45, 7) is 7.36. The van der Waals surface area contributed by atoms with Crippen molar-refractivity contribution in [2.24, 2.45) is 0 Å². The third-order valence-electron chi connectivity index (χ3n) is 3.34. The smallest absolute Gasteiger partial charge is 0.204 e. The van der Waals surface area contributed by atoms with Gasteiger partial charge in [0.05, 0.1) is 6.04 Å². The Balaban J connectivity index is 1.95. The minimum Gasteiger partial charge on any atom is -0.312 e. The Bertz CT molecular complexity index is 508. The first-order valence-electron chi connectivity index (χ1n) is 7.29. The van der Waals surface area contributed by atoms with Crippen LogP contribution in [0.1, 0.15) is 39.7 Å². The highest BCUT2D eigenvalue weighted by Crippen LogP contribution is 2.13. The molecule has 5 nitrogen and oxygen atoms in total. The summed E-state index contributed by atoms with van der Waals surface area (Å²) in [5.41, 5.74) is 0.998. The lowest BCUT2D eigenvalue weighted by Gasteiger charge is -2.16. The number of nitrogens with zero attached hydrogens (tertiary/aromatic N) is 4. The molecule has 5 heteroatoms. The average molecular weight is 273 g/mol. The van der Waals surface area contributed by atoms with Crippen molar-refractivity contribution >= 4 is 0 Å². The summed E-state index contributed by atoms with van der Waals surface area (Å²) in [5.74, 6) is 0.680. The molecule has 0 spiro atoms. The van der Waals surface area contributed by atoms with Crippen molar-refractivity contribution in [3.05, 3.63) is 30.3 Å². The van der Waals surface area contributed by atoms with E-state index in [-0.39, 0.29) is 6.04 Å². The van der Waals surface area contributed by atoms with Gasteiger partial charge in [0.25, 0.3) is 0 Å². The van der Waals surface area contributed by atoms with E-state index < -0.39 is 0 Å². The average Bonchev–Trinajstić information content (AvgIpc) is 2.96. The fourth-order valence-corrected chi connectivity index (χ4v) is 2.10. The van der Waals surface area contributed by atoms with Crippen LogP contribution >= 0.6 is 0 Å². The predicted octanol–water partition coefficient (Wildman–Crippen LogP) is 2.68. The largest absolute Gasteiger partial charge is 0.312 e. The van der Waals surface area contributed by atoms with Crippen LogP contribution in [0.15, 0.2) is 30.3 Å². The first kappa shape index (κ1) is 14.7. The van der Waals surface area contributed by atoms with Gasteiger partial charge in [-0.25, -0.2) is 0 Å². The third kappa shape index (κ3) is 3.87. The minimum absolute atomic E-state index is 0.194. The summed E-state index contributed by atoms with van der Waals surface area (Å²) in [6.07, 6.45) is 2.38. The Kier molecular flexibility index (Phi) is 5.24. The monoisotopic (exact) mass is 273 g/mol. The molecule has 2 rings (SSSR count). The van der Waals surface area contributed by atoms with E-state index in [4.69, 9.17) is 0 Å². The Morgan fingerprint density at radius 3 is 2.65 bits per heavy atom. The van der Waals surface area contributed by atoms with Crippen LogP contribution in [0.25, 0.3) is 11.4 Å². The molecular weight excluding hydrogens is 250 g/mol. The van der Waals surface area contributed by atoms with E-state index in [1.54, 1.807) is 4.80 Å². The van der Waals surface area contributed by atoms with Crippen molar-refractivity contribution in [2.45, 2.75) is 45.7 Å². The molecular formula is C15H23N5. The van der Waals surface area contributed by atoms with Gasteiger partial charge in [-0.05, 0) is 25.5 Å². The van der Waals surface area contributed by atoms with Crippen LogP contribution in [0.5, 0.6) is 0 Å². The van der Waals surface area contributed by atoms with Crippen molar-refractivity contribution in [1.82, 2.24) is 25.5 Å². The Morgan fingerprint density at radius 1 is 1.20 bits per heavy atom. The van der Waals surface area contributed by atoms with E-state index in [1.165, 1.54) is 12.8 Å². The molecule has 0 saturated carbocycles. The van der Waals surface area contributed by atoms with E-state index in [0.29, 0.717) is 11.9 Å². The number of hydrogen-bond acceptors (Lipinski definition) is 4. The molecule has 0 saturated heterocycles. The molecule has 1 heterocycles. The second-order valence-electron chi connectivity index (χ2n) is 5.25. The van der Waals surface area contributed by atoms with Gasteiger partial charge in [-0.3, -0.25) is 0 Å². The lowest BCUT2D eigenvalue weighted by atomic mass is 10.2. The molecule has 2 unspecified atom stereocenters. The van der Waals surface area contributed by atoms with Crippen LogP contribution < -0.4 is 5.32 Å². The maximum atomic E-state index is 4.46. The Morgan fingerprint density at radius 2 is 1.95 bits per heavy atom. The molecule has 0 radical (unpaired) electrons. The number of tetrazole rings is 1. The molecule has 0 amide bonds. The topological polar surface area (TPSA) is 55.6 Å². The summed E-state index contributed by atoms with van der Waals surface area (Å²) in [6, 6.07) is 10.6. The summed E-state index contributed by atoms with van der Waals surface area (Å²) < 4.78 is 0. The second kappa shape index (κ2) is 7.14. The van der Waals surface area contributed by atoms with Crippen LogP contribution in [-0.2, 0) is 0 Å². The fraction of sp³-hybridized carbons (Fsp3) is 0.533. The van der Waals surface area contributed by atoms with Gasteiger partial charge >= 0.3 is 0 Å². The highest BCUT2D eigenvalue weighted by atomic mass is 15.6. The Labute approximate surface area is 120 Å². The first-order valence-corrected chi connectivity index (χ1v) is 7.29. The highest BCUT2D eigenvalue weighted by molar-refractivity contribution is 5.52. The SMILES string of the molecule is CCCC(C)NCC(C)n1nnc(-c2ccccc2)n1. The maximum Gasteiger partial charge on any atom is 0.204 e. The Hall–Kier alpha value is -1.75. The van der Waals surface area contributed by atoms with E-state index in [0.717, 1.165) is 12.1 Å². The lowest BCUT2D eigenvalue weighted by molar-refractivity contribution is 0.376. The predicted molar refractivity (Wildman–Crippen MR) is 80.3 cm³/mol. The molecule has 2 atom stereocenters. The van der Waals surface area contributed by atoms with E-state index >= 15 is 0 Å². The fourth-order valence-electron chi connectivity index (χ4n) is 2.10. The third-order valence-corrected chi connectivity index (χ3v) is 3.34. The van der Waals surface area contributed by atoms with Crippen LogP contribution in [0.2, 0.25) is 0 Å². The lowest BCUT2D eigenvalue weighted by Crippen LogP contribution is -2.32. The molecule has 0 aliphatic rings. The number of rotatable bonds is 7. The van der Waals surface area contributed by atoms with Gasteiger partial charge in [-0.1, -0.05) is 43.7 Å². The van der Waals surface area contributed by atoms with Gasteiger partial charge in [0.1, 0.15) is 0 Å². The van der Waals surface area contributed by atoms with E-state index in [9.17, 15) is 0 Å². The van der Waals surface area contributed by atoms with Crippen molar-refractivity contribution in [1.29, 1.82) is 0 Å². The summed E-state index contributed by atoms with van der Waals surface area (Å²) in [7, 11) is 0. The van der Waals surface area contributed by atoms with Crippen molar-refractivity contribution < 1.29 is 0 Å². The van der Waals surface area contributed by atoms with Crippen LogP contribution in [0, 0.1) is 0 Å². The molecule has 0 fully saturated rings. The normalized spacial score (nSPS) is 14.2. The van der Waals surface area contributed by atoms with E-state index in [1.807, 2.05) is 30.3 Å². The van der Waals surface area contributed by atoms with Crippen LogP contribution in [-0.4, -0.2) is 32.8 Å². The standard InChI is InChI=1S/C15H23N5/c1-4-8-12(2)16-11-13(3)20-18-15(17-19-20)14-9-6-5-7-10-14/h5-7,9-10,12-13,16H,4,8,11H2,1-3H3. The number of hydrogen-bond donors (Lipinski definition) is 1. The maximum absolute atomic E-state index is 4.46. The molecule has 108 valence electrons. The molecule has 2 aromatic rings. The minimum atomic E-state index is 0.194. The van der Waals surface area contributed by atoms with Gasteiger partial charge in [0.2, 0.25) is 5.82 Å². The zero-order valence-electron chi connectivity index (χ0n) is 12.5. The molecule has 1 aromatic heterocycles. The summed E-state index contributed by atoms with van der Waals surface area (Å²) in [4.78, 5) is 1.69. The molecule has 0 bridgehead atoms. The molecule has 0 aliphatic heterocycles. The van der Waals surface area contributed by atoms with Gasteiger partial charge in [-0.15, -0.1) is 10.2 Å². The summed E-state index contributed by atoms with van der Waals surface area (Å²) >= 11 is 0. The van der Waals surface area contributed by atoms with Gasteiger partial charge < -0.3 is 5.32 Å². The molecule has 0 aliphatic carbocycles. The molecule has 1 aromatic carbocycles. The second-order valence-corrected chi connectivity index (χ2v) is 5.25. The zero-order valence-corrected chi connectivity index (χ0v) is 12.5. The zero-order chi connectivity index (χ0) is 14.4. The van der Waals surface area contributed by atoms with Crippen LogP contribution in [0.4, 0.5) is 0 Å². The van der Waals surface area contributed by atoms with Crippen LogP contribution in [0.3, 0.4) is 0 Å². The van der Waals surface area contributed by atoms with Crippen molar-refractivity contribution in [3.8, 4) is 11.4 Å². The quantitative estimate of drug-likeness (QED) is 0.842. The number of aromatic nitrogens is 4. The highest BCUT2D eigenvalue weighted by Gasteiger charge is 2.11. The number of benzene rings is 1. The summed E-state index contributed by atoms with van der Waals surface area (Å²) in [5, 5.41) is 16.2. The molecule has 1 N–H and O–H groups in total.